The van der Waals surface area contributed by atoms with E-state index in [-0.39, 0.29) is 0 Å². The van der Waals surface area contributed by atoms with Crippen molar-refractivity contribution in [1.29, 1.82) is 0 Å². The minimum absolute atomic E-state index is 0.478. The molecule has 0 atom stereocenters. The molecule has 2 rings (SSSR count). The molecule has 0 aliphatic heterocycles. The summed E-state index contributed by atoms with van der Waals surface area (Å²) in [4.78, 5) is 0. The molecule has 0 fully saturated rings. The summed E-state index contributed by atoms with van der Waals surface area (Å²) >= 11 is 0. The van der Waals surface area contributed by atoms with Crippen molar-refractivity contribution in [1.82, 2.24) is 10.2 Å². The zero-order valence-electron chi connectivity index (χ0n) is 6.59. The molecule has 2 nitrogen and oxygen atoms in total. The highest BCUT2D eigenvalue weighted by molar-refractivity contribution is 5.61. The summed E-state index contributed by atoms with van der Waals surface area (Å²) in [5.41, 5.74) is 1.14. The van der Waals surface area contributed by atoms with Gasteiger partial charge in [0.1, 0.15) is 11.6 Å². The van der Waals surface area contributed by atoms with Gasteiger partial charge in [-0.25, -0.2) is 8.78 Å². The lowest BCUT2D eigenvalue weighted by molar-refractivity contribution is 0.584. The lowest BCUT2D eigenvalue weighted by Gasteiger charge is -1.97. The van der Waals surface area contributed by atoms with E-state index in [0.717, 1.165) is 6.07 Å². The van der Waals surface area contributed by atoms with E-state index in [1.807, 2.05) is 0 Å². The van der Waals surface area contributed by atoms with E-state index < -0.39 is 11.6 Å². The van der Waals surface area contributed by atoms with E-state index >= 15 is 0 Å². The minimum Gasteiger partial charge on any atom is -0.285 e. The molecule has 4 heteroatoms. The summed E-state index contributed by atoms with van der Waals surface area (Å²) in [5, 5.41) is 6.26. The predicted molar refractivity (Wildman–Crippen MR) is 43.9 cm³/mol. The molecule has 0 aliphatic rings. The van der Waals surface area contributed by atoms with Gasteiger partial charge in [-0.3, -0.25) is 5.10 Å². The van der Waals surface area contributed by atoms with Gasteiger partial charge in [0.05, 0.1) is 6.20 Å². The van der Waals surface area contributed by atoms with Gasteiger partial charge in [-0.2, -0.15) is 5.10 Å². The molecule has 0 amide bonds. The van der Waals surface area contributed by atoms with Crippen molar-refractivity contribution < 1.29 is 8.78 Å². The molecular formula is C9H6F2N2. The average molecular weight is 180 g/mol. The number of H-pyrrole nitrogens is 1. The highest BCUT2D eigenvalue weighted by Crippen LogP contribution is 2.19. The summed E-state index contributed by atoms with van der Waals surface area (Å²) in [6.07, 6.45) is 3.09. The fourth-order valence-corrected chi connectivity index (χ4v) is 1.13. The highest BCUT2D eigenvalue weighted by atomic mass is 19.1. The van der Waals surface area contributed by atoms with Crippen molar-refractivity contribution >= 4 is 0 Å². The second kappa shape index (κ2) is 2.97. The first-order valence-electron chi connectivity index (χ1n) is 3.71. The normalized spacial score (nSPS) is 10.3. The van der Waals surface area contributed by atoms with Crippen LogP contribution in [0.2, 0.25) is 0 Å². The van der Waals surface area contributed by atoms with Crippen LogP contribution in [0, 0.1) is 11.6 Å². The Morgan fingerprint density at radius 2 is 1.69 bits per heavy atom. The number of halogens is 2. The van der Waals surface area contributed by atoms with E-state index in [4.69, 9.17) is 0 Å². The van der Waals surface area contributed by atoms with Crippen LogP contribution in [0.3, 0.4) is 0 Å². The highest BCUT2D eigenvalue weighted by Gasteiger charge is 2.03. The van der Waals surface area contributed by atoms with Crippen molar-refractivity contribution in [2.45, 2.75) is 0 Å². The third-order valence-electron chi connectivity index (χ3n) is 1.69. The molecule has 0 bridgehead atoms. The first-order valence-corrected chi connectivity index (χ1v) is 3.71. The fourth-order valence-electron chi connectivity index (χ4n) is 1.13. The second-order valence-electron chi connectivity index (χ2n) is 2.65. The zero-order valence-corrected chi connectivity index (χ0v) is 6.59. The van der Waals surface area contributed by atoms with Gasteiger partial charge in [-0.15, -0.1) is 0 Å². The molecule has 1 heterocycles. The number of aromatic nitrogens is 2. The van der Waals surface area contributed by atoms with Gasteiger partial charge in [-0.05, 0) is 17.7 Å². The number of hydrogen-bond donors (Lipinski definition) is 1. The Hall–Kier alpha value is -1.71. The van der Waals surface area contributed by atoms with Crippen molar-refractivity contribution in [2.75, 3.05) is 0 Å². The maximum Gasteiger partial charge on any atom is 0.126 e. The van der Waals surface area contributed by atoms with Crippen LogP contribution in [0.15, 0.2) is 30.6 Å². The van der Waals surface area contributed by atoms with Crippen LogP contribution in [0.25, 0.3) is 11.1 Å². The van der Waals surface area contributed by atoms with Crippen LogP contribution in [0.4, 0.5) is 8.78 Å². The Morgan fingerprint density at radius 1 is 1.00 bits per heavy atom. The van der Waals surface area contributed by atoms with Crippen molar-refractivity contribution in [3.63, 3.8) is 0 Å². The maximum absolute atomic E-state index is 12.7. The monoisotopic (exact) mass is 180 g/mol. The molecule has 1 aromatic carbocycles. The van der Waals surface area contributed by atoms with Crippen molar-refractivity contribution in [2.24, 2.45) is 0 Å². The van der Waals surface area contributed by atoms with Gasteiger partial charge < -0.3 is 0 Å². The number of nitrogens with one attached hydrogen (secondary N) is 1. The largest absolute Gasteiger partial charge is 0.285 e. The molecule has 13 heavy (non-hydrogen) atoms. The Morgan fingerprint density at radius 3 is 2.23 bits per heavy atom. The molecular weight excluding hydrogens is 174 g/mol. The van der Waals surface area contributed by atoms with Crippen molar-refractivity contribution in [3.8, 4) is 11.1 Å². The predicted octanol–water partition coefficient (Wildman–Crippen LogP) is 2.35. The Balaban J connectivity index is 2.53. The molecule has 1 aromatic heterocycles. The number of rotatable bonds is 1. The molecule has 0 spiro atoms. The van der Waals surface area contributed by atoms with Gasteiger partial charge in [0.25, 0.3) is 0 Å². The minimum atomic E-state index is -0.587. The van der Waals surface area contributed by atoms with Crippen LogP contribution >= 0.6 is 0 Å². The van der Waals surface area contributed by atoms with E-state index in [1.54, 1.807) is 6.20 Å². The van der Waals surface area contributed by atoms with Crippen LogP contribution in [-0.2, 0) is 0 Å². The third-order valence-corrected chi connectivity index (χ3v) is 1.69. The Bertz CT molecular complexity index is 389. The molecule has 0 saturated carbocycles. The topological polar surface area (TPSA) is 28.7 Å². The summed E-state index contributed by atoms with van der Waals surface area (Å²) in [6, 6.07) is 3.35. The van der Waals surface area contributed by atoms with E-state index in [2.05, 4.69) is 10.2 Å². The van der Waals surface area contributed by atoms with E-state index in [0.29, 0.717) is 11.1 Å². The van der Waals surface area contributed by atoms with Crippen LogP contribution < -0.4 is 0 Å². The zero-order chi connectivity index (χ0) is 9.26. The first-order chi connectivity index (χ1) is 6.25. The average Bonchev–Trinajstić information content (AvgIpc) is 2.53. The molecule has 0 radical (unpaired) electrons. The number of nitrogens with zero attached hydrogens (tertiary/aromatic N) is 1. The van der Waals surface area contributed by atoms with Gasteiger partial charge in [0.15, 0.2) is 0 Å². The second-order valence-corrected chi connectivity index (χ2v) is 2.65. The third kappa shape index (κ3) is 1.56. The molecule has 66 valence electrons. The summed E-state index contributed by atoms with van der Waals surface area (Å²) in [5.74, 6) is -1.17. The Labute approximate surface area is 73.2 Å². The SMILES string of the molecule is Fc1cc(F)cc(-c2cn[nH]c2)c1. The fraction of sp³-hybridized carbons (Fsp3) is 0. The lowest BCUT2D eigenvalue weighted by Crippen LogP contribution is -1.81. The molecule has 0 aliphatic carbocycles. The lowest BCUT2D eigenvalue weighted by atomic mass is 10.1. The molecule has 1 N–H and O–H groups in total. The smallest absolute Gasteiger partial charge is 0.126 e. The van der Waals surface area contributed by atoms with Gasteiger partial charge in [0, 0.05) is 17.8 Å². The summed E-state index contributed by atoms with van der Waals surface area (Å²) < 4.78 is 25.5. The first kappa shape index (κ1) is 7.91. The van der Waals surface area contributed by atoms with Crippen LogP contribution in [0.5, 0.6) is 0 Å². The standard InChI is InChI=1S/C9H6F2N2/c10-8-1-6(2-9(11)3-8)7-4-12-13-5-7/h1-5H,(H,12,13). The summed E-state index contributed by atoms with van der Waals surface area (Å²) in [6.45, 7) is 0. The number of hydrogen-bond acceptors (Lipinski definition) is 1. The maximum atomic E-state index is 12.7. The number of aromatic amines is 1. The Kier molecular flexibility index (Phi) is 1.81. The molecule has 2 aromatic rings. The van der Waals surface area contributed by atoms with E-state index in [9.17, 15) is 8.78 Å². The quantitative estimate of drug-likeness (QED) is 0.716. The van der Waals surface area contributed by atoms with Crippen molar-refractivity contribution in [3.05, 3.63) is 42.2 Å². The van der Waals surface area contributed by atoms with Crippen LogP contribution in [0.1, 0.15) is 0 Å². The van der Waals surface area contributed by atoms with Gasteiger partial charge >= 0.3 is 0 Å². The molecule has 0 saturated heterocycles. The van der Waals surface area contributed by atoms with Gasteiger partial charge in [-0.1, -0.05) is 0 Å². The summed E-state index contributed by atoms with van der Waals surface area (Å²) in [7, 11) is 0. The number of benzene rings is 1. The van der Waals surface area contributed by atoms with Gasteiger partial charge in [0.2, 0.25) is 0 Å². The van der Waals surface area contributed by atoms with Crippen LogP contribution in [-0.4, -0.2) is 10.2 Å². The van der Waals surface area contributed by atoms with E-state index in [1.165, 1.54) is 18.3 Å². The molecule has 0 unspecified atom stereocenters.